The maximum Gasteiger partial charge on any atom is 0.475 e. The van der Waals surface area contributed by atoms with Gasteiger partial charge in [0, 0.05) is 27.8 Å². The van der Waals surface area contributed by atoms with Crippen LogP contribution in [0.5, 0.6) is 0 Å². The molecule has 0 aromatic rings. The minimum atomic E-state index is -3.82. The molecule has 0 aromatic carbocycles. The van der Waals surface area contributed by atoms with Gasteiger partial charge in [0.1, 0.15) is 0 Å². The first-order valence-corrected chi connectivity index (χ1v) is 10.6. The highest BCUT2D eigenvalue weighted by atomic mass is 32.2. The van der Waals surface area contributed by atoms with Crippen molar-refractivity contribution in [1.29, 1.82) is 0 Å². The summed E-state index contributed by atoms with van der Waals surface area (Å²) in [5, 5.41) is 8.51. The molecule has 0 bridgehead atoms. The summed E-state index contributed by atoms with van der Waals surface area (Å²) in [4.78, 5) is 27.0. The Bertz CT molecular complexity index is 707. The van der Waals surface area contributed by atoms with Crippen molar-refractivity contribution < 1.29 is 27.7 Å². The van der Waals surface area contributed by atoms with E-state index in [4.69, 9.17) is 4.52 Å². The highest BCUT2D eigenvalue weighted by molar-refractivity contribution is 8.16. The van der Waals surface area contributed by atoms with Crippen molar-refractivity contribution in [3.05, 3.63) is 12.7 Å². The molecule has 26 heavy (non-hydrogen) atoms. The number of likely N-dealkylation sites (N-methyl/N-ethyl adjacent to an activating group) is 1. The van der Waals surface area contributed by atoms with Crippen LogP contribution >= 0.6 is 31.3 Å². The second-order valence-electron chi connectivity index (χ2n) is 5.03. The maximum absolute atomic E-state index is 12.2. The molecule has 2 aliphatic rings. The van der Waals surface area contributed by atoms with Crippen LogP contribution in [0.1, 0.15) is 6.92 Å². The van der Waals surface area contributed by atoms with Gasteiger partial charge in [-0.05, 0) is 18.7 Å². The fourth-order valence-electron chi connectivity index (χ4n) is 1.96. The minimum Gasteiger partial charge on any atom is -0.290 e. The zero-order valence-electron chi connectivity index (χ0n) is 14.6. The number of amidine groups is 2. The van der Waals surface area contributed by atoms with E-state index in [1.54, 1.807) is 13.0 Å². The molecule has 0 aliphatic carbocycles. The molecule has 0 aromatic heterocycles. The molecule has 13 heteroatoms. The summed E-state index contributed by atoms with van der Waals surface area (Å²) in [6.45, 7) is 5.71. The SMILES string of the molecule is C=CCN1C(=O)C(C)SC1=NN=C1SC(OP(=O)(OC)OC)C(=O)N1C. The normalized spacial score (nSPS) is 27.2. The molecule has 0 saturated carbocycles. The van der Waals surface area contributed by atoms with Crippen LogP contribution in [0.3, 0.4) is 0 Å². The summed E-state index contributed by atoms with van der Waals surface area (Å²) >= 11 is 2.18. The van der Waals surface area contributed by atoms with Gasteiger partial charge in [-0.15, -0.1) is 16.8 Å². The monoisotopic (exact) mass is 422 g/mol. The molecule has 2 atom stereocenters. The number of thioether (sulfide) groups is 2. The van der Waals surface area contributed by atoms with E-state index in [0.717, 1.165) is 26.0 Å². The number of carbonyl (C=O) groups excluding carboxylic acids is 2. The van der Waals surface area contributed by atoms with Gasteiger partial charge >= 0.3 is 7.82 Å². The highest BCUT2D eigenvalue weighted by Gasteiger charge is 2.42. The highest BCUT2D eigenvalue weighted by Crippen LogP contribution is 2.51. The number of phosphoric acid groups is 1. The van der Waals surface area contributed by atoms with Crippen molar-refractivity contribution in [3.8, 4) is 0 Å². The summed E-state index contributed by atoms with van der Waals surface area (Å²) < 4.78 is 26.5. The molecule has 2 aliphatic heterocycles. The number of hydrogen-bond donors (Lipinski definition) is 0. The van der Waals surface area contributed by atoms with Gasteiger partial charge in [0.05, 0.1) is 5.25 Å². The molecule has 0 radical (unpaired) electrons. The first kappa shape index (κ1) is 21.1. The molecule has 2 heterocycles. The van der Waals surface area contributed by atoms with E-state index < -0.39 is 19.2 Å². The van der Waals surface area contributed by atoms with E-state index in [-0.39, 0.29) is 16.3 Å². The molecule has 2 fully saturated rings. The van der Waals surface area contributed by atoms with Crippen molar-refractivity contribution in [1.82, 2.24) is 9.80 Å². The fourth-order valence-corrected chi connectivity index (χ4v) is 4.80. The predicted molar refractivity (Wildman–Crippen MR) is 101 cm³/mol. The number of hydrogen-bond acceptors (Lipinski definition) is 10. The molecule has 2 rings (SSSR count). The van der Waals surface area contributed by atoms with E-state index in [0.29, 0.717) is 11.7 Å². The maximum atomic E-state index is 12.2. The Balaban J connectivity index is 2.18. The Hall–Kier alpha value is -1.17. The number of carbonyl (C=O) groups is 2. The lowest BCUT2D eigenvalue weighted by molar-refractivity contribution is -0.129. The average molecular weight is 422 g/mol. The zero-order chi connectivity index (χ0) is 19.5. The standard InChI is InChI=1S/C13H19N4O6PS2/c1-6-7-17-9(18)8(2)25-13(17)15-14-12-16(3)10(19)11(26-12)23-24(20,21-4)22-5/h6,8,11H,1,7H2,2-5H3. The first-order valence-electron chi connectivity index (χ1n) is 7.35. The fraction of sp³-hybridized carbons (Fsp3) is 0.538. The van der Waals surface area contributed by atoms with Gasteiger partial charge in [-0.2, -0.15) is 0 Å². The van der Waals surface area contributed by atoms with Crippen molar-refractivity contribution >= 4 is 53.5 Å². The number of nitrogens with zero attached hydrogens (tertiary/aromatic N) is 4. The van der Waals surface area contributed by atoms with Crippen LogP contribution in [-0.4, -0.2) is 70.4 Å². The third-order valence-electron chi connectivity index (χ3n) is 3.36. The third-order valence-corrected chi connectivity index (χ3v) is 7.02. The van der Waals surface area contributed by atoms with Crippen LogP contribution in [0.4, 0.5) is 0 Å². The Morgan fingerprint density at radius 3 is 2.38 bits per heavy atom. The summed E-state index contributed by atoms with van der Waals surface area (Å²) in [6, 6.07) is 0. The van der Waals surface area contributed by atoms with Crippen LogP contribution < -0.4 is 0 Å². The van der Waals surface area contributed by atoms with Crippen molar-refractivity contribution in [2.45, 2.75) is 17.6 Å². The number of rotatable bonds is 7. The lowest BCUT2D eigenvalue weighted by Crippen LogP contribution is -2.31. The smallest absolute Gasteiger partial charge is 0.290 e. The van der Waals surface area contributed by atoms with E-state index in [1.807, 2.05) is 0 Å². The molecule has 0 N–H and O–H groups in total. The summed E-state index contributed by atoms with van der Waals surface area (Å²) in [5.74, 6) is -0.561. The number of amides is 2. The molecule has 2 saturated heterocycles. The van der Waals surface area contributed by atoms with Gasteiger partial charge in [0.2, 0.25) is 11.3 Å². The van der Waals surface area contributed by atoms with Crippen LogP contribution in [0.15, 0.2) is 22.9 Å². The van der Waals surface area contributed by atoms with Crippen molar-refractivity contribution in [2.75, 3.05) is 27.8 Å². The Labute approximate surface area is 159 Å². The van der Waals surface area contributed by atoms with E-state index in [9.17, 15) is 14.2 Å². The second-order valence-corrected chi connectivity index (χ2v) is 9.20. The average Bonchev–Trinajstić information content (AvgIpc) is 3.05. The van der Waals surface area contributed by atoms with Crippen LogP contribution in [0.25, 0.3) is 0 Å². The van der Waals surface area contributed by atoms with E-state index in [2.05, 4.69) is 25.8 Å². The minimum absolute atomic E-state index is 0.0836. The Kier molecular flexibility index (Phi) is 7.05. The van der Waals surface area contributed by atoms with E-state index in [1.165, 1.54) is 28.6 Å². The summed E-state index contributed by atoms with van der Waals surface area (Å²) in [6.07, 6.45) is 1.59. The topological polar surface area (TPSA) is 110 Å². The third kappa shape index (κ3) is 4.38. The first-order chi connectivity index (χ1) is 12.3. The zero-order valence-corrected chi connectivity index (χ0v) is 17.2. The lowest BCUT2D eigenvalue weighted by Gasteiger charge is -2.15. The Morgan fingerprint density at radius 2 is 1.81 bits per heavy atom. The van der Waals surface area contributed by atoms with Gasteiger partial charge in [0.25, 0.3) is 5.91 Å². The molecule has 2 amide bonds. The molecular weight excluding hydrogens is 403 g/mol. The van der Waals surface area contributed by atoms with Crippen LogP contribution in [-0.2, 0) is 27.7 Å². The van der Waals surface area contributed by atoms with Gasteiger partial charge in [-0.25, -0.2) is 4.57 Å². The van der Waals surface area contributed by atoms with Gasteiger partial charge in [0.15, 0.2) is 10.3 Å². The quantitative estimate of drug-likeness (QED) is 0.346. The van der Waals surface area contributed by atoms with Crippen molar-refractivity contribution in [3.63, 3.8) is 0 Å². The summed E-state index contributed by atoms with van der Waals surface area (Å²) in [7, 11) is -0.0264. The molecule has 10 nitrogen and oxygen atoms in total. The largest absolute Gasteiger partial charge is 0.475 e. The molecule has 2 unspecified atom stereocenters. The Morgan fingerprint density at radius 1 is 1.19 bits per heavy atom. The van der Waals surface area contributed by atoms with Crippen molar-refractivity contribution in [2.24, 2.45) is 10.2 Å². The van der Waals surface area contributed by atoms with Crippen LogP contribution in [0, 0.1) is 0 Å². The van der Waals surface area contributed by atoms with Crippen LogP contribution in [0.2, 0.25) is 0 Å². The second kappa shape index (κ2) is 8.68. The molecular formula is C13H19N4O6PS2. The van der Waals surface area contributed by atoms with Gasteiger partial charge in [-0.3, -0.25) is 33.0 Å². The molecule has 144 valence electrons. The van der Waals surface area contributed by atoms with Gasteiger partial charge < -0.3 is 0 Å². The lowest BCUT2D eigenvalue weighted by atomic mass is 10.4. The molecule has 0 spiro atoms. The number of phosphoric ester groups is 1. The summed E-state index contributed by atoms with van der Waals surface area (Å²) in [5.41, 5.74) is -1.13. The van der Waals surface area contributed by atoms with Gasteiger partial charge in [-0.1, -0.05) is 17.8 Å². The van der Waals surface area contributed by atoms with E-state index >= 15 is 0 Å². The predicted octanol–water partition coefficient (Wildman–Crippen LogP) is 1.71.